The van der Waals surface area contributed by atoms with Gasteiger partial charge < -0.3 is 4.74 Å². The van der Waals surface area contributed by atoms with Gasteiger partial charge in [-0.3, -0.25) is 10.4 Å². The number of anilines is 1. The lowest BCUT2D eigenvalue weighted by Crippen LogP contribution is -1.95. The molecule has 0 aliphatic carbocycles. The predicted octanol–water partition coefficient (Wildman–Crippen LogP) is 3.08. The van der Waals surface area contributed by atoms with Crippen molar-refractivity contribution in [2.24, 2.45) is 5.10 Å². The summed E-state index contributed by atoms with van der Waals surface area (Å²) in [5.74, 6) is 1.43. The van der Waals surface area contributed by atoms with Gasteiger partial charge in [-0.05, 0) is 42.0 Å². The van der Waals surface area contributed by atoms with Crippen LogP contribution in [0.15, 0.2) is 59.8 Å². The summed E-state index contributed by atoms with van der Waals surface area (Å²) in [6, 6.07) is 15.3. The molecule has 2 aromatic carbocycles. The molecule has 0 spiro atoms. The second-order valence-corrected chi connectivity index (χ2v) is 4.39. The van der Waals surface area contributed by atoms with Crippen LogP contribution in [0.2, 0.25) is 0 Å². The van der Waals surface area contributed by atoms with Gasteiger partial charge in [0.2, 0.25) is 0 Å². The first-order chi connectivity index (χ1) is 10.3. The molecule has 0 fully saturated rings. The number of methoxy groups -OCH3 is 1. The molecule has 0 unspecified atom stereocenters. The number of aromatic nitrogens is 2. The van der Waals surface area contributed by atoms with Crippen LogP contribution in [0.25, 0.3) is 11.0 Å². The summed E-state index contributed by atoms with van der Waals surface area (Å²) in [4.78, 5) is 8.74. The summed E-state index contributed by atoms with van der Waals surface area (Å²) in [7, 11) is 1.64. The highest BCUT2D eigenvalue weighted by molar-refractivity contribution is 5.80. The molecule has 104 valence electrons. The molecule has 0 saturated heterocycles. The van der Waals surface area contributed by atoms with Crippen molar-refractivity contribution in [3.8, 4) is 5.75 Å². The van der Waals surface area contributed by atoms with E-state index in [1.165, 1.54) is 0 Å². The number of ether oxygens (including phenoxy) is 1. The van der Waals surface area contributed by atoms with Crippen LogP contribution in [0.1, 0.15) is 5.56 Å². The maximum Gasteiger partial charge on any atom is 0.165 e. The first-order valence-electron chi connectivity index (χ1n) is 6.50. The van der Waals surface area contributed by atoms with Crippen LogP contribution >= 0.6 is 0 Å². The zero-order valence-corrected chi connectivity index (χ0v) is 11.5. The van der Waals surface area contributed by atoms with Crippen molar-refractivity contribution in [1.82, 2.24) is 9.97 Å². The Hall–Kier alpha value is -2.95. The largest absolute Gasteiger partial charge is 0.497 e. The lowest BCUT2D eigenvalue weighted by atomic mass is 10.2. The Morgan fingerprint density at radius 1 is 1.05 bits per heavy atom. The highest BCUT2D eigenvalue weighted by Gasteiger charge is 1.97. The van der Waals surface area contributed by atoms with Crippen molar-refractivity contribution in [3.05, 3.63) is 60.3 Å². The van der Waals surface area contributed by atoms with E-state index in [0.29, 0.717) is 5.82 Å². The van der Waals surface area contributed by atoms with E-state index in [1.807, 2.05) is 48.5 Å². The predicted molar refractivity (Wildman–Crippen MR) is 83.7 cm³/mol. The van der Waals surface area contributed by atoms with Crippen LogP contribution in [0.5, 0.6) is 5.75 Å². The number of nitrogens with zero attached hydrogens (tertiary/aromatic N) is 3. The Kier molecular flexibility index (Phi) is 3.73. The number of para-hydroxylation sites is 2. The number of hydrazone groups is 1. The summed E-state index contributed by atoms with van der Waals surface area (Å²) < 4.78 is 5.11. The zero-order valence-electron chi connectivity index (χ0n) is 11.5. The molecule has 5 heteroatoms. The molecule has 0 atom stereocenters. The van der Waals surface area contributed by atoms with E-state index in [9.17, 15) is 0 Å². The van der Waals surface area contributed by atoms with Crippen LogP contribution in [0, 0.1) is 0 Å². The van der Waals surface area contributed by atoms with Crippen molar-refractivity contribution >= 4 is 23.1 Å². The van der Waals surface area contributed by atoms with Gasteiger partial charge in [-0.25, -0.2) is 4.98 Å². The smallest absolute Gasteiger partial charge is 0.165 e. The van der Waals surface area contributed by atoms with Gasteiger partial charge >= 0.3 is 0 Å². The second-order valence-electron chi connectivity index (χ2n) is 4.39. The molecule has 0 aliphatic heterocycles. The molecular weight excluding hydrogens is 264 g/mol. The molecule has 0 amide bonds. The van der Waals surface area contributed by atoms with Gasteiger partial charge in [0.25, 0.3) is 0 Å². The average molecular weight is 278 g/mol. The van der Waals surface area contributed by atoms with Crippen LogP contribution in [0.3, 0.4) is 0 Å². The molecular formula is C16H14N4O. The van der Waals surface area contributed by atoms with Crippen molar-refractivity contribution in [1.29, 1.82) is 0 Å². The summed E-state index contributed by atoms with van der Waals surface area (Å²) in [6.07, 6.45) is 3.38. The topological polar surface area (TPSA) is 59.4 Å². The van der Waals surface area contributed by atoms with Gasteiger partial charge in [0.1, 0.15) is 5.75 Å². The standard InChI is InChI=1S/C16H14N4O/c1-21-13-8-6-12(7-9-13)10-18-20-16-11-17-14-4-2-3-5-15(14)19-16/h2-11H,1H3,(H,19,20)/b18-10+. The Balaban J connectivity index is 1.71. The van der Waals surface area contributed by atoms with E-state index in [0.717, 1.165) is 22.3 Å². The third kappa shape index (κ3) is 3.14. The minimum Gasteiger partial charge on any atom is -0.497 e. The monoisotopic (exact) mass is 278 g/mol. The third-order valence-electron chi connectivity index (χ3n) is 2.96. The number of hydrogen-bond acceptors (Lipinski definition) is 5. The molecule has 21 heavy (non-hydrogen) atoms. The van der Waals surface area contributed by atoms with Crippen LogP contribution in [-0.4, -0.2) is 23.3 Å². The Morgan fingerprint density at radius 2 is 1.81 bits per heavy atom. The molecule has 3 rings (SSSR count). The van der Waals surface area contributed by atoms with E-state index in [2.05, 4.69) is 20.5 Å². The molecule has 0 saturated carbocycles. The fourth-order valence-electron chi connectivity index (χ4n) is 1.87. The molecule has 5 nitrogen and oxygen atoms in total. The third-order valence-corrected chi connectivity index (χ3v) is 2.96. The lowest BCUT2D eigenvalue weighted by molar-refractivity contribution is 0.415. The highest BCUT2D eigenvalue weighted by Crippen LogP contribution is 2.12. The minimum atomic E-state index is 0.610. The zero-order chi connectivity index (χ0) is 14.5. The van der Waals surface area contributed by atoms with Crippen LogP contribution in [0.4, 0.5) is 5.82 Å². The summed E-state index contributed by atoms with van der Waals surface area (Å²) in [5, 5.41) is 4.16. The summed E-state index contributed by atoms with van der Waals surface area (Å²) >= 11 is 0. The Bertz CT molecular complexity index is 769. The van der Waals surface area contributed by atoms with Gasteiger partial charge in [-0.2, -0.15) is 5.10 Å². The number of benzene rings is 2. The lowest BCUT2D eigenvalue weighted by Gasteiger charge is -2.01. The van der Waals surface area contributed by atoms with Crippen molar-refractivity contribution < 1.29 is 4.74 Å². The summed E-state index contributed by atoms with van der Waals surface area (Å²) in [6.45, 7) is 0. The van der Waals surface area contributed by atoms with E-state index in [4.69, 9.17) is 4.74 Å². The maximum atomic E-state index is 5.11. The Labute approximate surface area is 122 Å². The first-order valence-corrected chi connectivity index (χ1v) is 6.50. The van der Waals surface area contributed by atoms with Crippen molar-refractivity contribution in [2.75, 3.05) is 12.5 Å². The number of nitrogens with one attached hydrogen (secondary N) is 1. The van der Waals surface area contributed by atoms with Crippen LogP contribution in [-0.2, 0) is 0 Å². The van der Waals surface area contributed by atoms with E-state index >= 15 is 0 Å². The fourth-order valence-corrected chi connectivity index (χ4v) is 1.87. The molecule has 3 aromatic rings. The van der Waals surface area contributed by atoms with Crippen molar-refractivity contribution in [2.45, 2.75) is 0 Å². The van der Waals surface area contributed by atoms with Gasteiger partial charge in [0, 0.05) is 0 Å². The molecule has 1 N–H and O–H groups in total. The summed E-state index contributed by atoms with van der Waals surface area (Å²) in [5.41, 5.74) is 5.55. The van der Waals surface area contributed by atoms with E-state index in [1.54, 1.807) is 19.5 Å². The number of rotatable bonds is 4. The van der Waals surface area contributed by atoms with Crippen molar-refractivity contribution in [3.63, 3.8) is 0 Å². The molecule has 0 bridgehead atoms. The van der Waals surface area contributed by atoms with Gasteiger partial charge in [-0.15, -0.1) is 0 Å². The minimum absolute atomic E-state index is 0.610. The van der Waals surface area contributed by atoms with Gasteiger partial charge in [0.15, 0.2) is 5.82 Å². The molecule has 1 aromatic heterocycles. The van der Waals surface area contributed by atoms with Crippen LogP contribution < -0.4 is 10.2 Å². The fraction of sp³-hybridized carbons (Fsp3) is 0.0625. The van der Waals surface area contributed by atoms with Gasteiger partial charge in [0.05, 0.1) is 30.6 Å². The van der Waals surface area contributed by atoms with Gasteiger partial charge in [-0.1, -0.05) is 12.1 Å². The molecule has 0 radical (unpaired) electrons. The molecule has 1 heterocycles. The van der Waals surface area contributed by atoms with E-state index in [-0.39, 0.29) is 0 Å². The second kappa shape index (κ2) is 6.00. The first kappa shape index (κ1) is 13.1. The average Bonchev–Trinajstić information content (AvgIpc) is 2.55. The number of hydrogen-bond donors (Lipinski definition) is 1. The quantitative estimate of drug-likeness (QED) is 0.588. The SMILES string of the molecule is COc1ccc(/C=N/Nc2cnc3ccccc3n2)cc1. The number of fused-ring (bicyclic) bond motifs is 1. The van der Waals surface area contributed by atoms with E-state index < -0.39 is 0 Å². The normalized spacial score (nSPS) is 10.9. The highest BCUT2D eigenvalue weighted by atomic mass is 16.5. The Morgan fingerprint density at radius 3 is 2.57 bits per heavy atom. The maximum absolute atomic E-state index is 5.11. The molecule has 0 aliphatic rings.